The maximum Gasteiger partial charge on any atom is 0.306 e. The van der Waals surface area contributed by atoms with Crippen LogP contribution in [0.1, 0.15) is 104 Å². The maximum atomic E-state index is 11.5. The lowest BCUT2D eigenvalue weighted by Gasteiger charge is -2.14. The maximum absolute atomic E-state index is 11.5. The molecular weight excluding hydrogens is 316 g/mol. The Morgan fingerprint density at radius 3 is 2.24 bits per heavy atom. The third-order valence-electron chi connectivity index (χ3n) is 4.28. The van der Waals surface area contributed by atoms with Gasteiger partial charge in [-0.1, -0.05) is 64.9 Å². The van der Waals surface area contributed by atoms with Crippen molar-refractivity contribution in [3.63, 3.8) is 0 Å². The van der Waals surface area contributed by atoms with Crippen LogP contribution in [0.25, 0.3) is 0 Å². The first kappa shape index (κ1) is 23.7. The Morgan fingerprint density at radius 1 is 0.920 bits per heavy atom. The standard InChI is InChI=1S/C21H38O4/c1-3-5-6-7-8-9-10-13-16-19(25-21(24)4-2)17-14-11-12-15-18-20(22)23/h13,16,19H,3-12,14-15,17-18H2,1-2H3,(H,22,23)/b16-13+. The van der Waals surface area contributed by atoms with Gasteiger partial charge >= 0.3 is 11.9 Å². The van der Waals surface area contributed by atoms with Gasteiger partial charge in [0.1, 0.15) is 6.10 Å². The Hall–Kier alpha value is -1.32. The second kappa shape index (κ2) is 17.5. The number of carboxylic acid groups (broad SMARTS) is 1. The molecule has 0 aliphatic heterocycles. The first-order valence-corrected chi connectivity index (χ1v) is 10.2. The summed E-state index contributed by atoms with van der Waals surface area (Å²) in [5.41, 5.74) is 0. The predicted molar refractivity (Wildman–Crippen MR) is 103 cm³/mol. The van der Waals surface area contributed by atoms with Crippen LogP contribution in [-0.2, 0) is 14.3 Å². The Balaban J connectivity index is 3.93. The molecule has 4 nitrogen and oxygen atoms in total. The van der Waals surface area contributed by atoms with Crippen molar-refractivity contribution >= 4 is 11.9 Å². The van der Waals surface area contributed by atoms with Gasteiger partial charge in [-0.25, -0.2) is 0 Å². The van der Waals surface area contributed by atoms with E-state index in [1.54, 1.807) is 0 Å². The van der Waals surface area contributed by atoms with Crippen LogP contribution in [0.2, 0.25) is 0 Å². The lowest BCUT2D eigenvalue weighted by molar-refractivity contribution is -0.146. The van der Waals surface area contributed by atoms with Gasteiger partial charge in [0.25, 0.3) is 0 Å². The summed E-state index contributed by atoms with van der Waals surface area (Å²) in [4.78, 5) is 22.0. The van der Waals surface area contributed by atoms with Gasteiger partial charge in [-0.3, -0.25) is 9.59 Å². The first-order chi connectivity index (χ1) is 12.1. The van der Waals surface area contributed by atoms with Crippen molar-refractivity contribution in [1.29, 1.82) is 0 Å². The van der Waals surface area contributed by atoms with E-state index in [0.29, 0.717) is 6.42 Å². The third-order valence-corrected chi connectivity index (χ3v) is 4.28. The fourth-order valence-corrected chi connectivity index (χ4v) is 2.71. The van der Waals surface area contributed by atoms with Crippen molar-refractivity contribution in [3.05, 3.63) is 12.2 Å². The quantitative estimate of drug-likeness (QED) is 0.196. The fraction of sp³-hybridized carbons (Fsp3) is 0.810. The number of aliphatic carboxylic acids is 1. The molecule has 0 saturated carbocycles. The van der Waals surface area contributed by atoms with E-state index in [1.165, 1.54) is 38.5 Å². The number of esters is 1. The van der Waals surface area contributed by atoms with Gasteiger partial charge in [0, 0.05) is 12.8 Å². The number of unbranched alkanes of at least 4 members (excludes halogenated alkanes) is 9. The number of ether oxygens (including phenoxy) is 1. The Kier molecular flexibility index (Phi) is 16.6. The Labute approximate surface area is 154 Å². The smallest absolute Gasteiger partial charge is 0.306 e. The monoisotopic (exact) mass is 354 g/mol. The highest BCUT2D eigenvalue weighted by Gasteiger charge is 2.09. The lowest BCUT2D eigenvalue weighted by Crippen LogP contribution is -2.15. The minimum atomic E-state index is -0.729. The van der Waals surface area contributed by atoms with E-state index in [4.69, 9.17) is 9.84 Å². The molecule has 0 aliphatic rings. The number of hydrogen-bond acceptors (Lipinski definition) is 3. The largest absolute Gasteiger partial charge is 0.481 e. The summed E-state index contributed by atoms with van der Waals surface area (Å²) in [6, 6.07) is 0. The zero-order valence-corrected chi connectivity index (χ0v) is 16.3. The molecule has 0 aromatic heterocycles. The van der Waals surface area contributed by atoms with Crippen LogP contribution in [0.5, 0.6) is 0 Å². The van der Waals surface area contributed by atoms with Gasteiger partial charge < -0.3 is 9.84 Å². The molecule has 0 heterocycles. The average Bonchev–Trinajstić information content (AvgIpc) is 2.59. The van der Waals surface area contributed by atoms with E-state index >= 15 is 0 Å². The molecule has 0 radical (unpaired) electrons. The second-order valence-corrected chi connectivity index (χ2v) is 6.71. The van der Waals surface area contributed by atoms with Crippen LogP contribution in [0.3, 0.4) is 0 Å². The summed E-state index contributed by atoms with van der Waals surface area (Å²) in [5.74, 6) is -0.882. The molecule has 1 N–H and O–H groups in total. The molecule has 0 rings (SSSR count). The van der Waals surface area contributed by atoms with E-state index in [2.05, 4.69) is 13.0 Å². The SMILES string of the molecule is CCCCCCCC/C=C/C(CCCCCCC(=O)O)OC(=O)CC. The predicted octanol–water partition coefficient (Wildman–Crippen LogP) is 6.04. The summed E-state index contributed by atoms with van der Waals surface area (Å²) in [5, 5.41) is 8.62. The van der Waals surface area contributed by atoms with Crippen molar-refractivity contribution < 1.29 is 19.4 Å². The normalized spacial score (nSPS) is 12.4. The number of allylic oxidation sites excluding steroid dienone is 1. The van der Waals surface area contributed by atoms with Crippen LogP contribution >= 0.6 is 0 Å². The van der Waals surface area contributed by atoms with E-state index in [1.807, 2.05) is 13.0 Å². The van der Waals surface area contributed by atoms with Gasteiger partial charge in [0.15, 0.2) is 0 Å². The van der Waals surface area contributed by atoms with Gasteiger partial charge in [-0.2, -0.15) is 0 Å². The van der Waals surface area contributed by atoms with Crippen molar-refractivity contribution in [3.8, 4) is 0 Å². The van der Waals surface area contributed by atoms with Crippen molar-refractivity contribution in [2.24, 2.45) is 0 Å². The molecule has 1 unspecified atom stereocenters. The second-order valence-electron chi connectivity index (χ2n) is 6.71. The first-order valence-electron chi connectivity index (χ1n) is 10.2. The van der Waals surface area contributed by atoms with Gasteiger partial charge in [0.05, 0.1) is 0 Å². The molecule has 1 atom stereocenters. The zero-order valence-electron chi connectivity index (χ0n) is 16.3. The highest BCUT2D eigenvalue weighted by atomic mass is 16.5. The van der Waals surface area contributed by atoms with Crippen LogP contribution < -0.4 is 0 Å². The van der Waals surface area contributed by atoms with Gasteiger partial charge in [-0.15, -0.1) is 0 Å². The molecule has 146 valence electrons. The molecule has 0 bridgehead atoms. The Morgan fingerprint density at radius 2 is 1.56 bits per heavy atom. The molecular formula is C21H38O4. The van der Waals surface area contributed by atoms with Crippen LogP contribution in [0, 0.1) is 0 Å². The molecule has 0 aliphatic carbocycles. The molecule has 0 aromatic carbocycles. The molecule has 4 heteroatoms. The lowest BCUT2D eigenvalue weighted by atomic mass is 10.1. The molecule has 25 heavy (non-hydrogen) atoms. The van der Waals surface area contributed by atoms with Crippen LogP contribution in [-0.4, -0.2) is 23.1 Å². The van der Waals surface area contributed by atoms with Crippen molar-refractivity contribution in [2.75, 3.05) is 0 Å². The minimum absolute atomic E-state index is 0.132. The molecule has 0 saturated heterocycles. The summed E-state index contributed by atoms with van der Waals surface area (Å²) >= 11 is 0. The van der Waals surface area contributed by atoms with E-state index in [9.17, 15) is 9.59 Å². The van der Waals surface area contributed by atoms with Gasteiger partial charge in [0.2, 0.25) is 0 Å². The number of carbonyl (C=O) groups excluding carboxylic acids is 1. The van der Waals surface area contributed by atoms with Crippen molar-refractivity contribution in [2.45, 2.75) is 110 Å². The minimum Gasteiger partial charge on any atom is -0.481 e. The van der Waals surface area contributed by atoms with Crippen LogP contribution in [0.15, 0.2) is 12.2 Å². The summed E-state index contributed by atoms with van der Waals surface area (Å²) in [7, 11) is 0. The molecule has 0 fully saturated rings. The molecule has 0 amide bonds. The van der Waals surface area contributed by atoms with E-state index in [-0.39, 0.29) is 18.5 Å². The summed E-state index contributed by atoms with van der Waals surface area (Å²) in [6.45, 7) is 4.04. The number of rotatable bonds is 17. The zero-order chi connectivity index (χ0) is 18.8. The number of carbonyl (C=O) groups is 2. The van der Waals surface area contributed by atoms with E-state index in [0.717, 1.165) is 38.5 Å². The molecule has 0 spiro atoms. The number of carboxylic acids is 1. The average molecular weight is 355 g/mol. The molecule has 0 aromatic rings. The summed E-state index contributed by atoms with van der Waals surface area (Å²) in [6.07, 6.45) is 17.9. The topological polar surface area (TPSA) is 63.6 Å². The Bertz CT molecular complexity index is 363. The fourth-order valence-electron chi connectivity index (χ4n) is 2.71. The van der Waals surface area contributed by atoms with Crippen LogP contribution in [0.4, 0.5) is 0 Å². The highest BCUT2D eigenvalue weighted by molar-refractivity contribution is 5.69. The highest BCUT2D eigenvalue weighted by Crippen LogP contribution is 2.13. The third kappa shape index (κ3) is 17.3. The van der Waals surface area contributed by atoms with E-state index < -0.39 is 5.97 Å². The number of hydrogen-bond donors (Lipinski definition) is 1. The summed E-state index contributed by atoms with van der Waals surface area (Å²) < 4.78 is 5.48. The van der Waals surface area contributed by atoms with Gasteiger partial charge in [-0.05, 0) is 38.2 Å². The van der Waals surface area contributed by atoms with Crippen molar-refractivity contribution in [1.82, 2.24) is 0 Å².